The van der Waals surface area contributed by atoms with Crippen molar-refractivity contribution in [2.45, 2.75) is 12.8 Å². The lowest BCUT2D eigenvalue weighted by Gasteiger charge is -2.28. The molecule has 1 aromatic rings. The molecule has 198 valence electrons. The van der Waals surface area contributed by atoms with Crippen molar-refractivity contribution in [2.24, 2.45) is 5.73 Å². The Hall–Kier alpha value is -4.35. The molecule has 2 N–H and O–H groups in total. The highest BCUT2D eigenvalue weighted by Gasteiger charge is 2.40. The number of morpholine rings is 1. The van der Waals surface area contributed by atoms with E-state index in [0.717, 1.165) is 13.2 Å². The number of benzene rings is 1. The van der Waals surface area contributed by atoms with Gasteiger partial charge >= 0.3 is 17.7 Å². The van der Waals surface area contributed by atoms with Crippen molar-refractivity contribution in [2.75, 3.05) is 53.7 Å². The van der Waals surface area contributed by atoms with Gasteiger partial charge in [-0.25, -0.2) is 9.59 Å². The highest BCUT2D eigenvalue weighted by molar-refractivity contribution is 5.93. The Morgan fingerprint density at radius 1 is 1.30 bits per heavy atom. The summed E-state index contributed by atoms with van der Waals surface area (Å²) in [6, 6.07) is 4.32. The molecule has 3 rings (SSSR count). The van der Waals surface area contributed by atoms with Gasteiger partial charge in [-0.05, 0) is 18.6 Å². The molecule has 0 bridgehead atoms. The second kappa shape index (κ2) is 12.1. The van der Waals surface area contributed by atoms with Crippen LogP contribution in [0, 0.1) is 21.4 Å². The molecule has 2 aliphatic rings. The molecule has 1 saturated heterocycles. The van der Waals surface area contributed by atoms with Crippen molar-refractivity contribution >= 4 is 17.7 Å². The molecule has 1 atom stereocenters. The summed E-state index contributed by atoms with van der Waals surface area (Å²) in [4.78, 5) is 38.2. The van der Waals surface area contributed by atoms with Gasteiger partial charge in [0.05, 0.1) is 43.3 Å². The standard InChI is InChI=1S/C23H26N4O10/c1-4-35-16-10-13(9-15(27(30)31)20(16)37-23(29)26-5-7-34-8-6-26)18-14(11-24)21(25)36-17(12-32-2)19(18)22(28)33-3/h9-10,18H,4-8,12,25H2,1-3H3/t18-/m0/s1. The minimum Gasteiger partial charge on any atom is -0.490 e. The maximum atomic E-state index is 12.8. The molecule has 2 aliphatic heterocycles. The number of allylic oxidation sites excluding steroid dienone is 1. The molecule has 0 saturated carbocycles. The van der Waals surface area contributed by atoms with Gasteiger partial charge in [0.1, 0.15) is 24.0 Å². The predicted molar refractivity (Wildman–Crippen MR) is 124 cm³/mol. The van der Waals surface area contributed by atoms with Crippen molar-refractivity contribution < 1.29 is 42.9 Å². The molecule has 1 fully saturated rings. The van der Waals surface area contributed by atoms with E-state index < -0.39 is 34.3 Å². The molecule has 0 radical (unpaired) electrons. The number of nitrogens with two attached hydrogens (primary N) is 1. The molecule has 0 aliphatic carbocycles. The Bertz CT molecular complexity index is 1180. The van der Waals surface area contributed by atoms with Crippen LogP contribution in [0.4, 0.5) is 10.5 Å². The van der Waals surface area contributed by atoms with E-state index in [0.29, 0.717) is 13.2 Å². The molecule has 0 aromatic heterocycles. The summed E-state index contributed by atoms with van der Waals surface area (Å²) < 4.78 is 31.7. The third kappa shape index (κ3) is 5.74. The first kappa shape index (κ1) is 27.2. The molecule has 0 spiro atoms. The molecule has 1 aromatic carbocycles. The number of nitro groups is 1. The SMILES string of the molecule is CCOc1cc([C@H]2C(C#N)=C(N)OC(COC)=C2C(=O)OC)cc([N+](=O)[O-])c1OC(=O)N1CCOCC1. The van der Waals surface area contributed by atoms with Crippen LogP contribution in [0.15, 0.2) is 34.9 Å². The highest BCUT2D eigenvalue weighted by Crippen LogP contribution is 2.46. The van der Waals surface area contributed by atoms with Gasteiger partial charge in [0.25, 0.3) is 5.75 Å². The average Bonchev–Trinajstić information content (AvgIpc) is 2.89. The number of esters is 1. The van der Waals surface area contributed by atoms with Crippen LogP contribution in [-0.4, -0.2) is 75.6 Å². The third-order valence-corrected chi connectivity index (χ3v) is 5.52. The lowest BCUT2D eigenvalue weighted by molar-refractivity contribution is -0.385. The average molecular weight is 518 g/mol. The fraction of sp³-hybridized carbons (Fsp3) is 0.435. The maximum Gasteiger partial charge on any atom is 0.415 e. The molecule has 2 heterocycles. The van der Waals surface area contributed by atoms with Crippen LogP contribution in [-0.2, 0) is 23.7 Å². The van der Waals surface area contributed by atoms with Crippen LogP contribution in [0.2, 0.25) is 0 Å². The first-order valence-corrected chi connectivity index (χ1v) is 11.1. The van der Waals surface area contributed by atoms with Gasteiger partial charge < -0.3 is 39.1 Å². The van der Waals surface area contributed by atoms with E-state index in [2.05, 4.69) is 0 Å². The Morgan fingerprint density at radius 2 is 2.00 bits per heavy atom. The van der Waals surface area contributed by atoms with Crippen LogP contribution >= 0.6 is 0 Å². The lowest BCUT2D eigenvalue weighted by atomic mass is 9.82. The van der Waals surface area contributed by atoms with Crippen molar-refractivity contribution in [3.05, 3.63) is 50.6 Å². The number of rotatable bonds is 8. The third-order valence-electron chi connectivity index (χ3n) is 5.52. The molecule has 14 heteroatoms. The topological polar surface area (TPSA) is 186 Å². The first-order valence-electron chi connectivity index (χ1n) is 11.1. The summed E-state index contributed by atoms with van der Waals surface area (Å²) >= 11 is 0. The van der Waals surface area contributed by atoms with Gasteiger partial charge in [0.15, 0.2) is 5.75 Å². The largest absolute Gasteiger partial charge is 0.490 e. The van der Waals surface area contributed by atoms with Crippen molar-refractivity contribution in [1.82, 2.24) is 4.90 Å². The van der Waals surface area contributed by atoms with E-state index in [4.69, 9.17) is 34.2 Å². The molecule has 14 nitrogen and oxygen atoms in total. The molecule has 1 amide bonds. The highest BCUT2D eigenvalue weighted by atomic mass is 16.6. The normalized spacial score (nSPS) is 17.6. The van der Waals surface area contributed by atoms with Crippen LogP contribution in [0.25, 0.3) is 0 Å². The Kier molecular flexibility index (Phi) is 8.88. The molecule has 37 heavy (non-hydrogen) atoms. The minimum absolute atomic E-state index is 0.0284. The maximum absolute atomic E-state index is 12.8. The summed E-state index contributed by atoms with van der Waals surface area (Å²) in [5.74, 6) is -2.99. The van der Waals surface area contributed by atoms with Gasteiger partial charge in [-0.15, -0.1) is 0 Å². The summed E-state index contributed by atoms with van der Waals surface area (Å²) in [6.45, 7) is 2.61. The number of amides is 1. The van der Waals surface area contributed by atoms with Crippen LogP contribution in [0.1, 0.15) is 18.4 Å². The Morgan fingerprint density at radius 3 is 2.57 bits per heavy atom. The zero-order chi connectivity index (χ0) is 27.1. The number of carbonyl (C=O) groups excluding carboxylic acids is 2. The summed E-state index contributed by atoms with van der Waals surface area (Å²) in [7, 11) is 2.49. The smallest absolute Gasteiger partial charge is 0.415 e. The van der Waals surface area contributed by atoms with Crippen LogP contribution in [0.5, 0.6) is 11.5 Å². The number of methoxy groups -OCH3 is 2. The molecule has 0 unspecified atom stereocenters. The Balaban J connectivity index is 2.20. The van der Waals surface area contributed by atoms with E-state index in [1.165, 1.54) is 18.1 Å². The van der Waals surface area contributed by atoms with Crippen molar-refractivity contribution in [3.8, 4) is 17.6 Å². The predicted octanol–water partition coefficient (Wildman–Crippen LogP) is 1.71. The zero-order valence-corrected chi connectivity index (χ0v) is 20.5. The summed E-state index contributed by atoms with van der Waals surface area (Å²) in [5, 5.41) is 21.9. The van der Waals surface area contributed by atoms with E-state index >= 15 is 0 Å². The van der Waals surface area contributed by atoms with Crippen molar-refractivity contribution in [1.29, 1.82) is 5.26 Å². The number of hydrogen-bond donors (Lipinski definition) is 1. The molecular formula is C23H26N4O10. The van der Waals surface area contributed by atoms with Gasteiger partial charge in [-0.1, -0.05) is 0 Å². The quantitative estimate of drug-likeness (QED) is 0.299. The molecular weight excluding hydrogens is 492 g/mol. The zero-order valence-electron chi connectivity index (χ0n) is 20.5. The van der Waals surface area contributed by atoms with E-state index in [-0.39, 0.29) is 60.4 Å². The Labute approximate surface area is 211 Å². The minimum atomic E-state index is -1.22. The second-order valence-corrected chi connectivity index (χ2v) is 7.71. The van der Waals surface area contributed by atoms with E-state index in [1.54, 1.807) is 6.92 Å². The monoisotopic (exact) mass is 518 g/mol. The summed E-state index contributed by atoms with van der Waals surface area (Å²) in [5.41, 5.74) is 5.10. The van der Waals surface area contributed by atoms with Gasteiger partial charge in [-0.3, -0.25) is 10.1 Å². The number of ether oxygens (including phenoxy) is 6. The van der Waals surface area contributed by atoms with Crippen LogP contribution < -0.4 is 15.2 Å². The number of hydrogen-bond acceptors (Lipinski definition) is 12. The van der Waals surface area contributed by atoms with Crippen molar-refractivity contribution in [3.63, 3.8) is 0 Å². The van der Waals surface area contributed by atoms with Crippen LogP contribution in [0.3, 0.4) is 0 Å². The fourth-order valence-electron chi connectivity index (χ4n) is 3.90. The second-order valence-electron chi connectivity index (χ2n) is 7.71. The number of nitrogens with zero attached hydrogens (tertiary/aromatic N) is 3. The first-order chi connectivity index (χ1) is 17.8. The number of nitro benzene ring substituents is 1. The summed E-state index contributed by atoms with van der Waals surface area (Å²) in [6.07, 6.45) is -0.814. The van der Waals surface area contributed by atoms with Gasteiger partial charge in [0, 0.05) is 26.3 Å². The fourth-order valence-corrected chi connectivity index (χ4v) is 3.90. The number of nitriles is 1. The van der Waals surface area contributed by atoms with Gasteiger partial charge in [0.2, 0.25) is 5.88 Å². The van der Waals surface area contributed by atoms with Gasteiger partial charge in [-0.2, -0.15) is 5.26 Å². The number of carbonyl (C=O) groups is 2. The van der Waals surface area contributed by atoms with E-state index in [1.807, 2.05) is 6.07 Å². The van der Waals surface area contributed by atoms with E-state index in [9.17, 15) is 25.0 Å². The lowest BCUT2D eigenvalue weighted by Crippen LogP contribution is -2.42.